The minimum absolute atomic E-state index is 0.0334. The molecule has 3 heterocycles. The van der Waals surface area contributed by atoms with Crippen LogP contribution in [0.4, 0.5) is 10.1 Å². The molecule has 0 aromatic carbocycles. The molecule has 1 saturated carbocycles. The number of anilines is 1. The van der Waals surface area contributed by atoms with Gasteiger partial charge in [0.15, 0.2) is 5.67 Å². The van der Waals surface area contributed by atoms with Crippen molar-refractivity contribution in [2.75, 3.05) is 24.5 Å². The molecule has 1 aliphatic carbocycles. The molecule has 122 valence electrons. The maximum Gasteiger partial charge on any atom is 0.260 e. The van der Waals surface area contributed by atoms with Gasteiger partial charge in [0.05, 0.1) is 17.8 Å². The van der Waals surface area contributed by atoms with E-state index in [1.165, 1.54) is 0 Å². The SMILES string of the molecule is O=C1C2CN(C(=O)C3(F)CCC3)CC2CCN1c1cccnc1. The van der Waals surface area contributed by atoms with Gasteiger partial charge in [-0.15, -0.1) is 0 Å². The van der Waals surface area contributed by atoms with Crippen molar-refractivity contribution in [1.29, 1.82) is 0 Å². The Bertz CT molecular complexity index is 632. The molecule has 2 saturated heterocycles. The van der Waals surface area contributed by atoms with Crippen LogP contribution in [0.2, 0.25) is 0 Å². The van der Waals surface area contributed by atoms with Crippen LogP contribution in [0.15, 0.2) is 24.5 Å². The van der Waals surface area contributed by atoms with Gasteiger partial charge in [0, 0.05) is 25.8 Å². The van der Waals surface area contributed by atoms with Crippen LogP contribution in [0.3, 0.4) is 0 Å². The molecule has 0 N–H and O–H groups in total. The minimum Gasteiger partial charge on any atom is -0.339 e. The van der Waals surface area contributed by atoms with Crippen molar-refractivity contribution in [2.45, 2.75) is 31.4 Å². The van der Waals surface area contributed by atoms with E-state index in [0.717, 1.165) is 18.5 Å². The van der Waals surface area contributed by atoms with Gasteiger partial charge in [-0.25, -0.2) is 4.39 Å². The number of likely N-dealkylation sites (tertiary alicyclic amines) is 1. The van der Waals surface area contributed by atoms with Gasteiger partial charge < -0.3 is 9.80 Å². The van der Waals surface area contributed by atoms with Crippen molar-refractivity contribution in [3.63, 3.8) is 0 Å². The second-order valence-corrected chi connectivity index (χ2v) is 6.89. The van der Waals surface area contributed by atoms with E-state index in [2.05, 4.69) is 4.98 Å². The molecule has 0 radical (unpaired) electrons. The molecule has 1 aromatic heterocycles. The molecule has 3 fully saturated rings. The van der Waals surface area contributed by atoms with E-state index in [-0.39, 0.29) is 17.7 Å². The highest BCUT2D eigenvalue weighted by molar-refractivity contribution is 5.97. The normalized spacial score (nSPS) is 29.2. The first-order valence-corrected chi connectivity index (χ1v) is 8.28. The molecular weight excluding hydrogens is 297 g/mol. The second-order valence-electron chi connectivity index (χ2n) is 6.89. The zero-order valence-corrected chi connectivity index (χ0v) is 12.9. The molecule has 1 aromatic rings. The fraction of sp³-hybridized carbons (Fsp3) is 0.588. The number of halogens is 1. The standard InChI is InChI=1S/C17H20FN3O2/c18-17(5-2-6-17)16(23)20-10-12-4-8-21(15(22)14(12)11-20)13-3-1-7-19-9-13/h1,3,7,9,12,14H,2,4-6,8,10-11H2. The van der Waals surface area contributed by atoms with Crippen molar-refractivity contribution in [3.05, 3.63) is 24.5 Å². The number of piperidine rings is 1. The topological polar surface area (TPSA) is 53.5 Å². The third-order valence-electron chi connectivity index (χ3n) is 5.52. The molecule has 0 bridgehead atoms. The monoisotopic (exact) mass is 317 g/mol. The molecule has 2 atom stereocenters. The number of hydrogen-bond donors (Lipinski definition) is 0. The van der Waals surface area contributed by atoms with Crippen LogP contribution in [0.1, 0.15) is 25.7 Å². The summed E-state index contributed by atoms with van der Waals surface area (Å²) in [6.07, 6.45) is 5.63. The molecule has 2 amide bonds. The van der Waals surface area contributed by atoms with E-state index in [0.29, 0.717) is 32.5 Å². The quantitative estimate of drug-likeness (QED) is 0.835. The second kappa shape index (κ2) is 5.28. The maximum absolute atomic E-state index is 14.4. The summed E-state index contributed by atoms with van der Waals surface area (Å²) in [7, 11) is 0. The Kier molecular flexibility index (Phi) is 3.36. The van der Waals surface area contributed by atoms with Crippen molar-refractivity contribution >= 4 is 17.5 Å². The van der Waals surface area contributed by atoms with E-state index in [9.17, 15) is 14.0 Å². The summed E-state index contributed by atoms with van der Waals surface area (Å²) in [4.78, 5) is 32.5. The van der Waals surface area contributed by atoms with Crippen LogP contribution in [0, 0.1) is 11.8 Å². The fourth-order valence-electron chi connectivity index (χ4n) is 3.97. The summed E-state index contributed by atoms with van der Waals surface area (Å²) in [6.45, 7) is 1.50. The van der Waals surface area contributed by atoms with E-state index >= 15 is 0 Å². The van der Waals surface area contributed by atoms with Crippen molar-refractivity contribution in [1.82, 2.24) is 9.88 Å². The lowest BCUT2D eigenvalue weighted by Gasteiger charge is -2.35. The van der Waals surface area contributed by atoms with Crippen molar-refractivity contribution < 1.29 is 14.0 Å². The van der Waals surface area contributed by atoms with Crippen LogP contribution in [-0.2, 0) is 9.59 Å². The van der Waals surface area contributed by atoms with Gasteiger partial charge >= 0.3 is 0 Å². The van der Waals surface area contributed by atoms with Crippen molar-refractivity contribution in [2.24, 2.45) is 11.8 Å². The number of amides is 2. The van der Waals surface area contributed by atoms with E-state index in [1.807, 2.05) is 12.1 Å². The number of carbonyl (C=O) groups is 2. The Morgan fingerprint density at radius 2 is 2.17 bits per heavy atom. The summed E-state index contributed by atoms with van der Waals surface area (Å²) < 4.78 is 14.4. The molecule has 6 heteroatoms. The number of rotatable bonds is 2. The highest BCUT2D eigenvalue weighted by Crippen LogP contribution is 2.41. The van der Waals surface area contributed by atoms with Gasteiger partial charge in [-0.3, -0.25) is 14.6 Å². The summed E-state index contributed by atoms with van der Waals surface area (Å²) in [6, 6.07) is 3.68. The van der Waals surface area contributed by atoms with Gasteiger partial charge in [-0.1, -0.05) is 0 Å². The highest BCUT2D eigenvalue weighted by atomic mass is 19.1. The van der Waals surface area contributed by atoms with Gasteiger partial charge in [0.1, 0.15) is 0 Å². The number of nitrogens with zero attached hydrogens (tertiary/aromatic N) is 3. The van der Waals surface area contributed by atoms with Gasteiger partial charge in [-0.2, -0.15) is 0 Å². The first kappa shape index (κ1) is 14.6. The number of fused-ring (bicyclic) bond motifs is 1. The lowest BCUT2D eigenvalue weighted by atomic mass is 9.81. The third kappa shape index (κ3) is 2.31. The zero-order chi connectivity index (χ0) is 16.0. The van der Waals surface area contributed by atoms with E-state index < -0.39 is 11.6 Å². The number of alkyl halides is 1. The Hall–Kier alpha value is -1.98. The molecule has 2 aliphatic heterocycles. The average molecular weight is 317 g/mol. The third-order valence-corrected chi connectivity index (χ3v) is 5.52. The van der Waals surface area contributed by atoms with Crippen LogP contribution < -0.4 is 4.90 Å². The van der Waals surface area contributed by atoms with Crippen molar-refractivity contribution in [3.8, 4) is 0 Å². The lowest BCUT2D eigenvalue weighted by Crippen LogP contribution is -2.50. The Morgan fingerprint density at radius 3 is 2.83 bits per heavy atom. The van der Waals surface area contributed by atoms with Gasteiger partial charge in [-0.05, 0) is 43.7 Å². The first-order valence-electron chi connectivity index (χ1n) is 8.28. The fourth-order valence-corrected chi connectivity index (χ4v) is 3.97. The van der Waals surface area contributed by atoms with E-state index in [1.54, 1.807) is 22.2 Å². The molecule has 4 rings (SSSR count). The molecule has 2 unspecified atom stereocenters. The predicted molar refractivity (Wildman–Crippen MR) is 82.5 cm³/mol. The largest absolute Gasteiger partial charge is 0.339 e. The summed E-state index contributed by atoms with van der Waals surface area (Å²) >= 11 is 0. The van der Waals surface area contributed by atoms with Gasteiger partial charge in [0.2, 0.25) is 5.91 Å². The van der Waals surface area contributed by atoms with Crippen LogP contribution >= 0.6 is 0 Å². The number of carbonyl (C=O) groups excluding carboxylic acids is 2. The average Bonchev–Trinajstić information content (AvgIpc) is 2.98. The molecule has 0 spiro atoms. The number of aromatic nitrogens is 1. The predicted octanol–water partition coefficient (Wildman–Crippen LogP) is 1.79. The number of pyridine rings is 1. The minimum atomic E-state index is -1.67. The maximum atomic E-state index is 14.4. The van der Waals surface area contributed by atoms with E-state index in [4.69, 9.17) is 0 Å². The number of hydrogen-bond acceptors (Lipinski definition) is 3. The highest BCUT2D eigenvalue weighted by Gasteiger charge is 2.51. The lowest BCUT2D eigenvalue weighted by molar-refractivity contribution is -0.149. The van der Waals surface area contributed by atoms with Crippen LogP contribution in [-0.4, -0.2) is 47.0 Å². The van der Waals surface area contributed by atoms with Crippen LogP contribution in [0.25, 0.3) is 0 Å². The van der Waals surface area contributed by atoms with Gasteiger partial charge in [0.25, 0.3) is 5.91 Å². The smallest absolute Gasteiger partial charge is 0.260 e. The molecule has 23 heavy (non-hydrogen) atoms. The Balaban J connectivity index is 1.49. The zero-order valence-electron chi connectivity index (χ0n) is 12.9. The summed E-state index contributed by atoms with van der Waals surface area (Å²) in [5.74, 6) is -0.426. The summed E-state index contributed by atoms with van der Waals surface area (Å²) in [5, 5.41) is 0. The Morgan fingerprint density at radius 1 is 1.35 bits per heavy atom. The molecular formula is C17H20FN3O2. The first-order chi connectivity index (χ1) is 11.1. The Labute approximate surface area is 134 Å². The van der Waals surface area contributed by atoms with Crippen LogP contribution in [0.5, 0.6) is 0 Å². The molecule has 5 nitrogen and oxygen atoms in total. The molecule has 3 aliphatic rings. The summed E-state index contributed by atoms with van der Waals surface area (Å²) in [5.41, 5.74) is -0.874.